The van der Waals surface area contributed by atoms with Gasteiger partial charge in [-0.15, -0.1) is 0 Å². The summed E-state index contributed by atoms with van der Waals surface area (Å²) in [6, 6.07) is 0. The first-order valence-corrected chi connectivity index (χ1v) is 6.02. The Morgan fingerprint density at radius 1 is 1.53 bits per heavy atom. The van der Waals surface area contributed by atoms with Gasteiger partial charge in [-0.25, -0.2) is 0 Å². The second kappa shape index (κ2) is 6.11. The predicted molar refractivity (Wildman–Crippen MR) is 60.5 cm³/mol. The molecular formula is C12H23NO2. The molecule has 1 aliphatic heterocycles. The van der Waals surface area contributed by atoms with Crippen LogP contribution in [0.1, 0.15) is 39.5 Å². The zero-order valence-electron chi connectivity index (χ0n) is 9.91. The molecule has 1 saturated heterocycles. The summed E-state index contributed by atoms with van der Waals surface area (Å²) >= 11 is 0. The number of hydrogen-bond donors (Lipinski definition) is 1. The van der Waals surface area contributed by atoms with E-state index >= 15 is 0 Å². The van der Waals surface area contributed by atoms with Gasteiger partial charge in [0.2, 0.25) is 5.91 Å². The van der Waals surface area contributed by atoms with Gasteiger partial charge in [-0.3, -0.25) is 4.79 Å². The molecule has 15 heavy (non-hydrogen) atoms. The number of aliphatic hydroxyl groups is 1. The lowest BCUT2D eigenvalue weighted by Crippen LogP contribution is -2.40. The summed E-state index contributed by atoms with van der Waals surface area (Å²) in [5, 5.41) is 9.07. The van der Waals surface area contributed by atoms with E-state index < -0.39 is 0 Å². The number of aliphatic hydroxyl groups excluding tert-OH is 1. The van der Waals surface area contributed by atoms with Gasteiger partial charge in [0.15, 0.2) is 0 Å². The first kappa shape index (κ1) is 12.5. The van der Waals surface area contributed by atoms with Crippen LogP contribution in [0.5, 0.6) is 0 Å². The second-order valence-corrected chi connectivity index (χ2v) is 4.96. The summed E-state index contributed by atoms with van der Waals surface area (Å²) in [6.07, 6.45) is 3.73. The minimum Gasteiger partial charge on any atom is -0.396 e. The highest BCUT2D eigenvalue weighted by molar-refractivity contribution is 5.76. The Bertz CT molecular complexity index is 204. The van der Waals surface area contributed by atoms with Gasteiger partial charge in [0.05, 0.1) is 0 Å². The van der Waals surface area contributed by atoms with Crippen LogP contribution in [0.25, 0.3) is 0 Å². The summed E-state index contributed by atoms with van der Waals surface area (Å²) in [7, 11) is 0. The predicted octanol–water partition coefficient (Wildman–Crippen LogP) is 1.65. The molecular weight excluding hydrogens is 190 g/mol. The minimum absolute atomic E-state index is 0.216. The fourth-order valence-electron chi connectivity index (χ4n) is 2.01. The summed E-state index contributed by atoms with van der Waals surface area (Å²) < 4.78 is 0. The van der Waals surface area contributed by atoms with Gasteiger partial charge >= 0.3 is 0 Å². The fraction of sp³-hybridized carbons (Fsp3) is 0.917. The molecule has 0 aromatic rings. The Morgan fingerprint density at radius 3 is 2.87 bits per heavy atom. The summed E-state index contributed by atoms with van der Waals surface area (Å²) in [5.41, 5.74) is 0. The van der Waals surface area contributed by atoms with Crippen LogP contribution in [0.2, 0.25) is 0 Å². The van der Waals surface area contributed by atoms with E-state index in [0.717, 1.165) is 32.4 Å². The van der Waals surface area contributed by atoms with Crippen LogP contribution in [0.3, 0.4) is 0 Å². The molecule has 0 saturated carbocycles. The van der Waals surface area contributed by atoms with Crippen molar-refractivity contribution in [3.05, 3.63) is 0 Å². The Labute approximate surface area is 92.5 Å². The van der Waals surface area contributed by atoms with Crippen LogP contribution < -0.4 is 0 Å². The molecule has 0 aliphatic carbocycles. The van der Waals surface area contributed by atoms with E-state index in [-0.39, 0.29) is 12.5 Å². The van der Waals surface area contributed by atoms with Crippen molar-refractivity contribution >= 4 is 5.91 Å². The maximum absolute atomic E-state index is 11.8. The monoisotopic (exact) mass is 213 g/mol. The molecule has 0 bridgehead atoms. The van der Waals surface area contributed by atoms with E-state index in [0.29, 0.717) is 18.3 Å². The quantitative estimate of drug-likeness (QED) is 0.771. The normalized spacial score (nSPS) is 22.1. The van der Waals surface area contributed by atoms with E-state index in [4.69, 9.17) is 5.11 Å². The molecule has 0 aromatic heterocycles. The third-order valence-electron chi connectivity index (χ3n) is 3.07. The van der Waals surface area contributed by atoms with Gasteiger partial charge in [-0.1, -0.05) is 13.8 Å². The molecule has 1 amide bonds. The maximum Gasteiger partial charge on any atom is 0.222 e. The van der Waals surface area contributed by atoms with Crippen LogP contribution in [0, 0.1) is 11.8 Å². The Morgan fingerprint density at radius 2 is 2.27 bits per heavy atom. The number of carbonyl (C=O) groups is 1. The zero-order chi connectivity index (χ0) is 11.3. The summed E-state index contributed by atoms with van der Waals surface area (Å²) in [4.78, 5) is 13.7. The third kappa shape index (κ3) is 4.20. The van der Waals surface area contributed by atoms with Crippen molar-refractivity contribution in [2.45, 2.75) is 39.5 Å². The molecule has 0 spiro atoms. The Balaban J connectivity index is 2.32. The van der Waals surface area contributed by atoms with Gasteiger partial charge in [0.1, 0.15) is 0 Å². The van der Waals surface area contributed by atoms with Gasteiger partial charge in [-0.05, 0) is 31.1 Å². The van der Waals surface area contributed by atoms with Gasteiger partial charge in [0, 0.05) is 26.1 Å². The van der Waals surface area contributed by atoms with Gasteiger partial charge in [0.25, 0.3) is 0 Å². The standard InChI is InChI=1S/C12H23NO2/c1-10(2)5-6-12(15)13-7-3-4-11(8-13)9-14/h10-11,14H,3-9H2,1-2H3. The van der Waals surface area contributed by atoms with E-state index in [1.165, 1.54) is 0 Å². The second-order valence-electron chi connectivity index (χ2n) is 4.96. The number of likely N-dealkylation sites (tertiary alicyclic amines) is 1. The zero-order valence-corrected chi connectivity index (χ0v) is 9.91. The summed E-state index contributed by atoms with van der Waals surface area (Å²) in [5.74, 6) is 1.16. The lowest BCUT2D eigenvalue weighted by Gasteiger charge is -2.32. The average molecular weight is 213 g/mol. The average Bonchev–Trinajstić information content (AvgIpc) is 2.26. The minimum atomic E-state index is 0.216. The smallest absolute Gasteiger partial charge is 0.222 e. The fourth-order valence-corrected chi connectivity index (χ4v) is 2.01. The number of carbonyl (C=O) groups excluding carboxylic acids is 1. The molecule has 1 atom stereocenters. The van der Waals surface area contributed by atoms with Crippen molar-refractivity contribution in [1.82, 2.24) is 4.90 Å². The SMILES string of the molecule is CC(C)CCC(=O)N1CCCC(CO)C1. The largest absolute Gasteiger partial charge is 0.396 e. The molecule has 0 aromatic carbocycles. The number of nitrogens with zero attached hydrogens (tertiary/aromatic N) is 1. The highest BCUT2D eigenvalue weighted by Gasteiger charge is 2.22. The van der Waals surface area contributed by atoms with Crippen LogP contribution in [-0.2, 0) is 4.79 Å². The van der Waals surface area contributed by atoms with Crippen molar-refractivity contribution in [2.24, 2.45) is 11.8 Å². The summed E-state index contributed by atoms with van der Waals surface area (Å²) in [6.45, 7) is 6.13. The molecule has 1 N–H and O–H groups in total. The van der Waals surface area contributed by atoms with Crippen molar-refractivity contribution in [2.75, 3.05) is 19.7 Å². The molecule has 1 unspecified atom stereocenters. The van der Waals surface area contributed by atoms with Crippen molar-refractivity contribution in [3.8, 4) is 0 Å². The molecule has 3 nitrogen and oxygen atoms in total. The molecule has 1 heterocycles. The third-order valence-corrected chi connectivity index (χ3v) is 3.07. The van der Waals surface area contributed by atoms with Crippen LogP contribution >= 0.6 is 0 Å². The Kier molecular flexibility index (Phi) is 5.09. The van der Waals surface area contributed by atoms with E-state index in [1.54, 1.807) is 0 Å². The van der Waals surface area contributed by atoms with E-state index in [2.05, 4.69) is 13.8 Å². The van der Waals surface area contributed by atoms with E-state index in [1.807, 2.05) is 4.90 Å². The highest BCUT2D eigenvalue weighted by Crippen LogP contribution is 2.17. The number of piperidine rings is 1. The highest BCUT2D eigenvalue weighted by atomic mass is 16.3. The molecule has 0 radical (unpaired) electrons. The Hall–Kier alpha value is -0.570. The lowest BCUT2D eigenvalue weighted by atomic mass is 9.98. The van der Waals surface area contributed by atoms with Gasteiger partial charge < -0.3 is 10.0 Å². The van der Waals surface area contributed by atoms with E-state index in [9.17, 15) is 4.79 Å². The molecule has 1 aliphatic rings. The van der Waals surface area contributed by atoms with Crippen molar-refractivity contribution < 1.29 is 9.90 Å². The van der Waals surface area contributed by atoms with Crippen LogP contribution in [0.15, 0.2) is 0 Å². The molecule has 88 valence electrons. The first-order valence-electron chi connectivity index (χ1n) is 6.02. The number of amides is 1. The number of hydrogen-bond acceptors (Lipinski definition) is 2. The van der Waals surface area contributed by atoms with Gasteiger partial charge in [-0.2, -0.15) is 0 Å². The maximum atomic E-state index is 11.8. The molecule has 3 heteroatoms. The van der Waals surface area contributed by atoms with Crippen LogP contribution in [0.4, 0.5) is 0 Å². The number of rotatable bonds is 4. The van der Waals surface area contributed by atoms with Crippen molar-refractivity contribution in [3.63, 3.8) is 0 Å². The molecule has 1 fully saturated rings. The lowest BCUT2D eigenvalue weighted by molar-refractivity contribution is -0.133. The van der Waals surface area contributed by atoms with Crippen molar-refractivity contribution in [1.29, 1.82) is 0 Å². The molecule has 1 rings (SSSR count). The van der Waals surface area contributed by atoms with Crippen LogP contribution in [-0.4, -0.2) is 35.6 Å². The first-order chi connectivity index (χ1) is 7.13. The topological polar surface area (TPSA) is 40.5 Å².